The number of hydrogen-bond donors (Lipinski definition) is 2. The summed E-state index contributed by atoms with van der Waals surface area (Å²) in [6.07, 6.45) is 4.10. The van der Waals surface area contributed by atoms with E-state index in [4.69, 9.17) is 14.1 Å². The molecule has 0 aromatic carbocycles. The van der Waals surface area contributed by atoms with Crippen LogP contribution in [0.15, 0.2) is 10.7 Å². The molecule has 0 bridgehead atoms. The Hall–Kier alpha value is -2.29. The van der Waals surface area contributed by atoms with E-state index in [-0.39, 0.29) is 18.8 Å². The number of anilines is 1. The summed E-state index contributed by atoms with van der Waals surface area (Å²) < 4.78 is 12.3. The second-order valence-electron chi connectivity index (χ2n) is 8.08. The Labute approximate surface area is 169 Å². The monoisotopic (exact) mass is 400 g/mol. The minimum absolute atomic E-state index is 0.0501. The molecule has 0 radical (unpaired) electrons. The molecule has 0 amide bonds. The Bertz CT molecular complexity index is 1020. The molecule has 0 aliphatic carbocycles. The van der Waals surface area contributed by atoms with Crippen molar-refractivity contribution in [3.05, 3.63) is 23.1 Å². The van der Waals surface area contributed by atoms with Gasteiger partial charge in [-0.25, -0.2) is 15.0 Å². The fourth-order valence-corrected chi connectivity index (χ4v) is 4.10. The highest BCUT2D eigenvalue weighted by Crippen LogP contribution is 2.40. The number of furan rings is 1. The first kappa shape index (κ1) is 20.0. The minimum Gasteiger partial charge on any atom is -0.432 e. The summed E-state index contributed by atoms with van der Waals surface area (Å²) in [6.45, 7) is 7.44. The van der Waals surface area contributed by atoms with Crippen LogP contribution < -0.4 is 4.90 Å². The number of hydrogen-bond acceptors (Lipinski definition) is 8. The number of pyridine rings is 1. The lowest BCUT2D eigenvalue weighted by Crippen LogP contribution is -2.32. The normalized spacial score (nSPS) is 15.8. The predicted molar refractivity (Wildman–Crippen MR) is 110 cm³/mol. The van der Waals surface area contributed by atoms with Crippen molar-refractivity contribution in [3.8, 4) is 0 Å². The molecule has 0 unspecified atom stereocenters. The molecule has 1 aliphatic rings. The lowest BCUT2D eigenvalue weighted by molar-refractivity contribution is -0.0401. The van der Waals surface area contributed by atoms with Crippen molar-refractivity contribution in [3.63, 3.8) is 0 Å². The van der Waals surface area contributed by atoms with E-state index in [9.17, 15) is 10.2 Å². The van der Waals surface area contributed by atoms with Crippen LogP contribution in [0.5, 0.6) is 0 Å². The van der Waals surface area contributed by atoms with Crippen LogP contribution in [0.2, 0.25) is 0 Å². The van der Waals surface area contributed by atoms with E-state index in [1.165, 1.54) is 11.9 Å². The Morgan fingerprint density at radius 2 is 1.90 bits per heavy atom. The third-order valence-corrected chi connectivity index (χ3v) is 5.42. The molecule has 1 aliphatic heterocycles. The van der Waals surface area contributed by atoms with Crippen LogP contribution in [0.4, 0.5) is 5.82 Å². The van der Waals surface area contributed by atoms with Crippen LogP contribution in [0.25, 0.3) is 22.2 Å². The van der Waals surface area contributed by atoms with Crippen molar-refractivity contribution < 1.29 is 19.4 Å². The lowest BCUT2D eigenvalue weighted by atomic mass is 9.88. The Kier molecular flexibility index (Phi) is 5.42. The van der Waals surface area contributed by atoms with E-state index in [0.29, 0.717) is 36.8 Å². The van der Waals surface area contributed by atoms with Crippen LogP contribution in [0.3, 0.4) is 0 Å². The molecule has 0 fully saturated rings. The maximum Gasteiger partial charge on any atom is 0.229 e. The fourth-order valence-electron chi connectivity index (χ4n) is 4.10. The molecule has 0 atom stereocenters. The van der Waals surface area contributed by atoms with Gasteiger partial charge in [0, 0.05) is 25.1 Å². The molecule has 4 rings (SSSR count). The van der Waals surface area contributed by atoms with Crippen molar-refractivity contribution in [2.24, 2.45) is 0 Å². The number of aliphatic hydroxyl groups is 2. The summed E-state index contributed by atoms with van der Waals surface area (Å²) in [5, 5.41) is 19.8. The van der Waals surface area contributed by atoms with E-state index in [1.807, 2.05) is 0 Å². The summed E-state index contributed by atoms with van der Waals surface area (Å²) in [4.78, 5) is 15.5. The molecule has 3 aromatic rings. The van der Waals surface area contributed by atoms with Gasteiger partial charge in [0.25, 0.3) is 0 Å². The molecular formula is C21H28N4O4. The van der Waals surface area contributed by atoms with Gasteiger partial charge in [-0.3, -0.25) is 0 Å². The Balaban J connectivity index is 1.99. The standard InChI is InChI=1S/C21H28N4O4/c1-4-5-15-14-11-28-21(2,3)10-13(14)16-17-18(29-20(16)24-15)19(23-12-22-17)25(6-8-26)7-9-27/h12,26-27H,4-11H2,1-3H3. The molecule has 0 spiro atoms. The minimum atomic E-state index is -0.274. The average molecular weight is 400 g/mol. The average Bonchev–Trinajstić information content (AvgIpc) is 3.06. The van der Waals surface area contributed by atoms with Crippen LogP contribution >= 0.6 is 0 Å². The number of nitrogens with zero attached hydrogens (tertiary/aromatic N) is 4. The summed E-state index contributed by atoms with van der Waals surface area (Å²) in [5.41, 5.74) is 4.89. The Morgan fingerprint density at radius 1 is 1.14 bits per heavy atom. The van der Waals surface area contributed by atoms with Crippen LogP contribution in [0.1, 0.15) is 44.0 Å². The number of ether oxygens (including phenoxy) is 1. The number of aryl methyl sites for hydroxylation is 1. The highest BCUT2D eigenvalue weighted by Gasteiger charge is 2.32. The SMILES string of the molecule is CCCc1nc2oc3c(N(CCO)CCO)ncnc3c2c2c1COC(C)(C)C2. The van der Waals surface area contributed by atoms with Gasteiger partial charge in [-0.05, 0) is 25.8 Å². The van der Waals surface area contributed by atoms with E-state index in [1.54, 1.807) is 4.90 Å². The van der Waals surface area contributed by atoms with Crippen molar-refractivity contribution >= 4 is 28.0 Å². The zero-order chi connectivity index (χ0) is 20.6. The van der Waals surface area contributed by atoms with Gasteiger partial charge in [-0.2, -0.15) is 0 Å². The molecule has 156 valence electrons. The van der Waals surface area contributed by atoms with Gasteiger partial charge in [0.05, 0.1) is 36.5 Å². The maximum absolute atomic E-state index is 9.42. The molecule has 29 heavy (non-hydrogen) atoms. The number of rotatable bonds is 7. The third kappa shape index (κ3) is 3.56. The first-order valence-electron chi connectivity index (χ1n) is 10.2. The van der Waals surface area contributed by atoms with Gasteiger partial charge < -0.3 is 24.3 Å². The van der Waals surface area contributed by atoms with Crippen molar-refractivity contribution in [1.29, 1.82) is 0 Å². The van der Waals surface area contributed by atoms with Crippen molar-refractivity contribution in [2.45, 2.75) is 52.2 Å². The predicted octanol–water partition coefficient (Wildman–Crippen LogP) is 2.37. The molecule has 2 N–H and O–H groups in total. The zero-order valence-corrected chi connectivity index (χ0v) is 17.2. The molecule has 8 nitrogen and oxygen atoms in total. The van der Waals surface area contributed by atoms with Gasteiger partial charge in [-0.15, -0.1) is 0 Å². The highest BCUT2D eigenvalue weighted by atomic mass is 16.5. The third-order valence-electron chi connectivity index (χ3n) is 5.42. The first-order valence-corrected chi connectivity index (χ1v) is 10.2. The molecule has 8 heteroatoms. The van der Waals surface area contributed by atoms with Crippen molar-refractivity contribution in [2.75, 3.05) is 31.2 Å². The van der Waals surface area contributed by atoms with E-state index >= 15 is 0 Å². The molecular weight excluding hydrogens is 372 g/mol. The summed E-state index contributed by atoms with van der Waals surface area (Å²) >= 11 is 0. The van der Waals surface area contributed by atoms with Gasteiger partial charge in [0.1, 0.15) is 11.8 Å². The fraction of sp³-hybridized carbons (Fsp3) is 0.571. The van der Waals surface area contributed by atoms with Crippen LogP contribution in [-0.2, 0) is 24.2 Å². The van der Waals surface area contributed by atoms with Gasteiger partial charge >= 0.3 is 0 Å². The number of aliphatic hydroxyl groups excluding tert-OH is 2. The second-order valence-corrected chi connectivity index (χ2v) is 8.08. The molecule has 0 saturated carbocycles. The van der Waals surface area contributed by atoms with E-state index in [0.717, 1.165) is 41.4 Å². The first-order chi connectivity index (χ1) is 14.0. The smallest absolute Gasteiger partial charge is 0.229 e. The van der Waals surface area contributed by atoms with Gasteiger partial charge in [-0.1, -0.05) is 13.3 Å². The maximum atomic E-state index is 9.42. The Morgan fingerprint density at radius 3 is 2.59 bits per heavy atom. The quantitative estimate of drug-likeness (QED) is 0.623. The lowest BCUT2D eigenvalue weighted by Gasteiger charge is -2.33. The largest absolute Gasteiger partial charge is 0.432 e. The van der Waals surface area contributed by atoms with Gasteiger partial charge in [0.2, 0.25) is 5.71 Å². The zero-order valence-electron chi connectivity index (χ0n) is 17.2. The molecule has 0 saturated heterocycles. The highest BCUT2D eigenvalue weighted by molar-refractivity contribution is 6.06. The molecule has 4 heterocycles. The van der Waals surface area contributed by atoms with Gasteiger partial charge in [0.15, 0.2) is 11.4 Å². The van der Waals surface area contributed by atoms with E-state index in [2.05, 4.69) is 30.7 Å². The summed E-state index contributed by atoms with van der Waals surface area (Å²) in [5.74, 6) is 0.563. The summed E-state index contributed by atoms with van der Waals surface area (Å²) in [7, 11) is 0. The summed E-state index contributed by atoms with van der Waals surface area (Å²) in [6, 6.07) is 0. The number of fused-ring (bicyclic) bond motifs is 5. The van der Waals surface area contributed by atoms with Crippen LogP contribution in [-0.4, -0.2) is 57.1 Å². The topological polar surface area (TPSA) is 105 Å². The van der Waals surface area contributed by atoms with Crippen LogP contribution in [0, 0.1) is 0 Å². The molecule has 3 aromatic heterocycles. The second kappa shape index (κ2) is 7.85. The van der Waals surface area contributed by atoms with E-state index < -0.39 is 0 Å². The number of aromatic nitrogens is 3. The van der Waals surface area contributed by atoms with Crippen molar-refractivity contribution in [1.82, 2.24) is 15.0 Å².